The highest BCUT2D eigenvalue weighted by Crippen LogP contribution is 2.39. The summed E-state index contributed by atoms with van der Waals surface area (Å²) in [7, 11) is 0. The van der Waals surface area contributed by atoms with Gasteiger partial charge in [0.2, 0.25) is 6.79 Å². The number of fused-ring (bicyclic) bond motifs is 1. The second kappa shape index (κ2) is 6.83. The van der Waals surface area contributed by atoms with Gasteiger partial charge in [-0.1, -0.05) is 18.2 Å². The van der Waals surface area contributed by atoms with Gasteiger partial charge in [-0.05, 0) is 45.8 Å². The predicted octanol–water partition coefficient (Wildman–Crippen LogP) is 3.35. The van der Waals surface area contributed by atoms with E-state index in [-0.39, 0.29) is 6.79 Å². The third-order valence-corrected chi connectivity index (χ3v) is 3.70. The molecule has 0 bridgehead atoms. The molecule has 0 radical (unpaired) electrons. The highest BCUT2D eigenvalue weighted by atomic mass is 79.9. The van der Waals surface area contributed by atoms with Crippen molar-refractivity contribution in [3.05, 3.63) is 52.5 Å². The average molecular weight is 350 g/mol. The highest BCUT2D eigenvalue weighted by Gasteiger charge is 2.17. The fraction of sp³-hybridized carbons (Fsp3) is 0.250. The smallest absolute Gasteiger partial charge is 0.231 e. The molecular weight excluding hydrogens is 334 g/mol. The number of ether oxygens (including phenoxy) is 3. The molecule has 0 aliphatic carbocycles. The van der Waals surface area contributed by atoms with E-state index in [0.29, 0.717) is 6.61 Å². The molecule has 1 aliphatic heterocycles. The Morgan fingerprint density at radius 3 is 2.86 bits per heavy atom. The third kappa shape index (κ3) is 3.68. The van der Waals surface area contributed by atoms with E-state index < -0.39 is 0 Å². The highest BCUT2D eigenvalue weighted by molar-refractivity contribution is 9.10. The number of halogens is 1. The molecule has 0 amide bonds. The molecule has 0 atom stereocenters. The van der Waals surface area contributed by atoms with Crippen molar-refractivity contribution in [1.82, 2.24) is 5.32 Å². The van der Waals surface area contributed by atoms with E-state index >= 15 is 0 Å². The summed E-state index contributed by atoms with van der Waals surface area (Å²) in [5.41, 5.74) is 1.14. The molecule has 2 aromatic carbocycles. The minimum atomic E-state index is 0.287. The summed E-state index contributed by atoms with van der Waals surface area (Å²) in [5.74, 6) is 2.47. The Bertz CT molecular complexity index is 604. The molecular formula is C16H16BrNO3. The molecule has 0 fully saturated rings. The largest absolute Gasteiger partial charge is 0.492 e. The summed E-state index contributed by atoms with van der Waals surface area (Å²) >= 11 is 3.49. The van der Waals surface area contributed by atoms with Crippen LogP contribution in [0.3, 0.4) is 0 Å². The summed E-state index contributed by atoms with van der Waals surface area (Å²) in [6.07, 6.45) is 0. The van der Waals surface area contributed by atoms with Crippen LogP contribution in [0, 0.1) is 0 Å². The monoisotopic (exact) mass is 349 g/mol. The van der Waals surface area contributed by atoms with Crippen molar-refractivity contribution < 1.29 is 14.2 Å². The second-order valence-corrected chi connectivity index (χ2v) is 5.50. The Labute approximate surface area is 132 Å². The lowest BCUT2D eigenvalue weighted by Crippen LogP contribution is -2.20. The Kier molecular flexibility index (Phi) is 4.62. The van der Waals surface area contributed by atoms with Crippen molar-refractivity contribution >= 4 is 15.9 Å². The first-order valence-electron chi connectivity index (χ1n) is 6.79. The van der Waals surface area contributed by atoms with Crippen LogP contribution in [0.25, 0.3) is 0 Å². The average Bonchev–Trinajstić information content (AvgIpc) is 2.97. The summed E-state index contributed by atoms with van der Waals surface area (Å²) in [6.45, 7) is 2.46. The van der Waals surface area contributed by atoms with Crippen LogP contribution in [0.5, 0.6) is 17.2 Å². The number of rotatable bonds is 6. The van der Waals surface area contributed by atoms with Crippen LogP contribution >= 0.6 is 15.9 Å². The molecule has 3 rings (SSSR count). The Hall–Kier alpha value is -1.72. The van der Waals surface area contributed by atoms with Gasteiger partial charge in [0, 0.05) is 13.1 Å². The molecule has 21 heavy (non-hydrogen) atoms. The first-order chi connectivity index (χ1) is 10.3. The SMILES string of the molecule is Brc1cc(CNCCOc2ccccc2)cc2c1OCO2. The molecule has 110 valence electrons. The first kappa shape index (κ1) is 14.2. The zero-order valence-electron chi connectivity index (χ0n) is 11.5. The molecule has 0 spiro atoms. The molecule has 5 heteroatoms. The summed E-state index contributed by atoms with van der Waals surface area (Å²) in [4.78, 5) is 0. The summed E-state index contributed by atoms with van der Waals surface area (Å²) in [6, 6.07) is 13.9. The van der Waals surface area contributed by atoms with E-state index in [9.17, 15) is 0 Å². The fourth-order valence-electron chi connectivity index (χ4n) is 2.11. The zero-order chi connectivity index (χ0) is 14.5. The maximum absolute atomic E-state index is 5.63. The maximum Gasteiger partial charge on any atom is 0.231 e. The molecule has 1 aliphatic rings. The molecule has 0 aromatic heterocycles. The van der Waals surface area contributed by atoms with Gasteiger partial charge in [0.05, 0.1) is 4.47 Å². The van der Waals surface area contributed by atoms with Gasteiger partial charge in [-0.25, -0.2) is 0 Å². The topological polar surface area (TPSA) is 39.7 Å². The standard InChI is InChI=1S/C16H16BrNO3/c17-14-8-12(9-15-16(14)21-11-20-15)10-18-6-7-19-13-4-2-1-3-5-13/h1-5,8-9,18H,6-7,10-11H2. The van der Waals surface area contributed by atoms with Gasteiger partial charge in [-0.2, -0.15) is 0 Å². The quantitative estimate of drug-likeness (QED) is 0.812. The molecule has 2 aromatic rings. The van der Waals surface area contributed by atoms with E-state index in [4.69, 9.17) is 14.2 Å². The number of hydrogen-bond donors (Lipinski definition) is 1. The normalized spacial score (nSPS) is 12.4. The van der Waals surface area contributed by atoms with Gasteiger partial charge in [0.1, 0.15) is 12.4 Å². The molecule has 0 unspecified atom stereocenters. The van der Waals surface area contributed by atoms with Gasteiger partial charge in [0.15, 0.2) is 11.5 Å². The summed E-state index contributed by atoms with van der Waals surface area (Å²) < 4.78 is 17.3. The number of hydrogen-bond acceptors (Lipinski definition) is 4. The summed E-state index contributed by atoms with van der Waals surface area (Å²) in [5, 5.41) is 3.35. The van der Waals surface area contributed by atoms with E-state index in [2.05, 4.69) is 21.2 Å². The minimum absolute atomic E-state index is 0.287. The van der Waals surface area contributed by atoms with E-state index in [1.165, 1.54) is 0 Å². The predicted molar refractivity (Wildman–Crippen MR) is 83.9 cm³/mol. The first-order valence-corrected chi connectivity index (χ1v) is 7.59. The molecule has 0 saturated carbocycles. The van der Waals surface area contributed by atoms with Crippen molar-refractivity contribution in [3.63, 3.8) is 0 Å². The molecule has 0 saturated heterocycles. The lowest BCUT2D eigenvalue weighted by molar-refractivity contribution is 0.173. The Morgan fingerprint density at radius 1 is 1.14 bits per heavy atom. The zero-order valence-corrected chi connectivity index (χ0v) is 13.1. The van der Waals surface area contributed by atoms with Crippen molar-refractivity contribution in [2.75, 3.05) is 19.9 Å². The van der Waals surface area contributed by atoms with Crippen molar-refractivity contribution in [2.24, 2.45) is 0 Å². The van der Waals surface area contributed by atoms with Crippen LogP contribution < -0.4 is 19.5 Å². The van der Waals surface area contributed by atoms with Gasteiger partial charge < -0.3 is 19.5 Å². The lowest BCUT2D eigenvalue weighted by Gasteiger charge is -2.08. The third-order valence-electron chi connectivity index (χ3n) is 3.11. The number of para-hydroxylation sites is 1. The molecule has 4 nitrogen and oxygen atoms in total. The number of nitrogens with one attached hydrogen (secondary N) is 1. The van der Waals surface area contributed by atoms with Crippen molar-refractivity contribution in [1.29, 1.82) is 0 Å². The van der Waals surface area contributed by atoms with E-state index in [1.54, 1.807) is 0 Å². The van der Waals surface area contributed by atoms with E-state index in [1.807, 2.05) is 42.5 Å². The minimum Gasteiger partial charge on any atom is -0.492 e. The number of benzene rings is 2. The Balaban J connectivity index is 1.45. The van der Waals surface area contributed by atoms with Crippen molar-refractivity contribution in [3.8, 4) is 17.2 Å². The fourth-order valence-corrected chi connectivity index (χ4v) is 2.72. The van der Waals surface area contributed by atoms with Crippen LogP contribution in [0.1, 0.15) is 5.56 Å². The van der Waals surface area contributed by atoms with Crippen molar-refractivity contribution in [2.45, 2.75) is 6.54 Å². The van der Waals surface area contributed by atoms with Crippen LogP contribution in [-0.2, 0) is 6.54 Å². The van der Waals surface area contributed by atoms with Gasteiger partial charge in [-0.3, -0.25) is 0 Å². The van der Waals surface area contributed by atoms with Crippen LogP contribution in [-0.4, -0.2) is 19.9 Å². The second-order valence-electron chi connectivity index (χ2n) is 4.65. The van der Waals surface area contributed by atoms with Crippen LogP contribution in [0.4, 0.5) is 0 Å². The van der Waals surface area contributed by atoms with Gasteiger partial charge >= 0.3 is 0 Å². The lowest BCUT2D eigenvalue weighted by atomic mass is 10.2. The van der Waals surface area contributed by atoms with E-state index in [0.717, 1.165) is 40.4 Å². The van der Waals surface area contributed by atoms with Gasteiger partial charge in [-0.15, -0.1) is 0 Å². The maximum atomic E-state index is 5.63. The Morgan fingerprint density at radius 2 is 2.00 bits per heavy atom. The molecule has 1 heterocycles. The van der Waals surface area contributed by atoms with Crippen LogP contribution in [0.15, 0.2) is 46.9 Å². The van der Waals surface area contributed by atoms with Gasteiger partial charge in [0.25, 0.3) is 0 Å². The molecule has 1 N–H and O–H groups in total. The van der Waals surface area contributed by atoms with Crippen LogP contribution in [0.2, 0.25) is 0 Å².